The molecule has 7 nitrogen and oxygen atoms in total. The van der Waals surface area contributed by atoms with Crippen LogP contribution in [0.15, 0.2) is 36.7 Å². The predicted molar refractivity (Wildman–Crippen MR) is 103 cm³/mol. The number of hydrogen-bond donors (Lipinski definition) is 1. The quantitative estimate of drug-likeness (QED) is 0.835. The fourth-order valence-electron chi connectivity index (χ4n) is 3.27. The van der Waals surface area contributed by atoms with Gasteiger partial charge in [0.15, 0.2) is 0 Å². The van der Waals surface area contributed by atoms with Gasteiger partial charge in [-0.1, -0.05) is 23.7 Å². The van der Waals surface area contributed by atoms with E-state index in [-0.39, 0.29) is 11.8 Å². The Labute approximate surface area is 163 Å². The van der Waals surface area contributed by atoms with Crippen molar-refractivity contribution >= 4 is 23.4 Å². The summed E-state index contributed by atoms with van der Waals surface area (Å²) in [6.07, 6.45) is 3.88. The maximum Gasteiger partial charge on any atom is 0.244 e. The average Bonchev–Trinajstić information content (AvgIpc) is 3.10. The summed E-state index contributed by atoms with van der Waals surface area (Å²) in [6.45, 7) is 2.15. The van der Waals surface area contributed by atoms with E-state index in [9.17, 15) is 9.59 Å². The van der Waals surface area contributed by atoms with Crippen molar-refractivity contribution in [1.29, 1.82) is 0 Å². The van der Waals surface area contributed by atoms with Gasteiger partial charge >= 0.3 is 0 Å². The van der Waals surface area contributed by atoms with Crippen LogP contribution in [0.2, 0.25) is 5.02 Å². The molecule has 1 saturated heterocycles. The van der Waals surface area contributed by atoms with Crippen molar-refractivity contribution in [2.24, 2.45) is 7.05 Å². The van der Waals surface area contributed by atoms with Crippen molar-refractivity contribution < 1.29 is 9.59 Å². The highest BCUT2D eigenvalue weighted by atomic mass is 35.5. The Balaban J connectivity index is 1.55. The topological polar surface area (TPSA) is 70.5 Å². The van der Waals surface area contributed by atoms with Gasteiger partial charge in [0, 0.05) is 50.0 Å². The molecule has 0 saturated carbocycles. The van der Waals surface area contributed by atoms with Crippen LogP contribution in [0.5, 0.6) is 0 Å². The van der Waals surface area contributed by atoms with E-state index in [0.717, 1.165) is 11.1 Å². The number of amides is 2. The smallest absolute Gasteiger partial charge is 0.244 e. The van der Waals surface area contributed by atoms with Gasteiger partial charge in [-0.15, -0.1) is 0 Å². The van der Waals surface area contributed by atoms with E-state index in [1.165, 1.54) is 0 Å². The number of piperazine rings is 1. The van der Waals surface area contributed by atoms with E-state index in [2.05, 4.69) is 10.4 Å². The summed E-state index contributed by atoms with van der Waals surface area (Å²) in [4.78, 5) is 29.0. The number of aryl methyl sites for hydroxylation is 1. The van der Waals surface area contributed by atoms with Crippen LogP contribution in [-0.2, 0) is 23.1 Å². The first-order chi connectivity index (χ1) is 13.0. The number of rotatable bonds is 5. The SMILES string of the molecule is CNC(C(=O)N1CCN(C(=O)Cc2ccc(Cl)cc2)CC1)c1cnn(C)c1. The molecule has 2 aromatic rings. The maximum atomic E-state index is 12.8. The summed E-state index contributed by atoms with van der Waals surface area (Å²) >= 11 is 5.88. The lowest BCUT2D eigenvalue weighted by molar-refractivity contribution is -0.140. The van der Waals surface area contributed by atoms with Gasteiger partial charge in [-0.3, -0.25) is 14.3 Å². The van der Waals surface area contributed by atoms with Gasteiger partial charge < -0.3 is 15.1 Å². The normalized spacial score (nSPS) is 15.7. The molecule has 1 aliphatic rings. The molecule has 27 heavy (non-hydrogen) atoms. The Morgan fingerprint density at radius 3 is 2.33 bits per heavy atom. The third-order valence-electron chi connectivity index (χ3n) is 4.81. The number of carbonyl (C=O) groups is 2. The first-order valence-electron chi connectivity index (χ1n) is 8.94. The van der Waals surface area contributed by atoms with Crippen LogP contribution in [0.1, 0.15) is 17.2 Å². The first-order valence-corrected chi connectivity index (χ1v) is 9.32. The van der Waals surface area contributed by atoms with Gasteiger partial charge in [-0.2, -0.15) is 5.10 Å². The summed E-state index contributed by atoms with van der Waals surface area (Å²) in [6, 6.07) is 6.89. The third kappa shape index (κ3) is 4.67. The van der Waals surface area contributed by atoms with Gasteiger partial charge in [-0.25, -0.2) is 0 Å². The van der Waals surface area contributed by atoms with Crippen LogP contribution in [0.25, 0.3) is 0 Å². The number of nitrogens with one attached hydrogen (secondary N) is 1. The van der Waals surface area contributed by atoms with Gasteiger partial charge in [0.25, 0.3) is 0 Å². The molecule has 1 atom stereocenters. The number of carbonyl (C=O) groups excluding carboxylic acids is 2. The number of hydrogen-bond acceptors (Lipinski definition) is 4. The molecule has 2 amide bonds. The van der Waals surface area contributed by atoms with Crippen molar-refractivity contribution in [2.45, 2.75) is 12.5 Å². The molecule has 1 fully saturated rings. The Bertz CT molecular complexity index is 797. The minimum Gasteiger partial charge on any atom is -0.339 e. The van der Waals surface area contributed by atoms with Crippen LogP contribution < -0.4 is 5.32 Å². The Hall–Kier alpha value is -2.38. The van der Waals surface area contributed by atoms with Crippen LogP contribution >= 0.6 is 11.6 Å². The Morgan fingerprint density at radius 1 is 1.15 bits per heavy atom. The standard InChI is InChI=1S/C19H24ClN5O2/c1-21-18(15-12-22-23(2)13-15)19(27)25-9-7-24(8-10-25)17(26)11-14-3-5-16(20)6-4-14/h3-6,12-13,18,21H,7-11H2,1-2H3. The lowest BCUT2D eigenvalue weighted by Gasteiger charge is -2.36. The highest BCUT2D eigenvalue weighted by Gasteiger charge is 2.29. The largest absolute Gasteiger partial charge is 0.339 e. The zero-order valence-electron chi connectivity index (χ0n) is 15.6. The highest BCUT2D eigenvalue weighted by Crippen LogP contribution is 2.17. The average molecular weight is 390 g/mol. The first kappa shape index (κ1) is 19.4. The second kappa shape index (κ2) is 8.54. The maximum absolute atomic E-state index is 12.8. The second-order valence-corrected chi connectivity index (χ2v) is 7.11. The molecule has 0 aliphatic carbocycles. The minimum absolute atomic E-state index is 0.00954. The van der Waals surface area contributed by atoms with Gasteiger partial charge in [-0.05, 0) is 24.7 Å². The van der Waals surface area contributed by atoms with Crippen molar-refractivity contribution in [3.05, 3.63) is 52.8 Å². The summed E-state index contributed by atoms with van der Waals surface area (Å²) in [5.41, 5.74) is 1.78. The molecule has 8 heteroatoms. The molecule has 144 valence electrons. The monoisotopic (exact) mass is 389 g/mol. The molecule has 2 heterocycles. The lowest BCUT2D eigenvalue weighted by Crippen LogP contribution is -2.53. The molecule has 0 radical (unpaired) electrons. The van der Waals surface area contributed by atoms with E-state index in [1.54, 1.807) is 35.0 Å². The van der Waals surface area contributed by atoms with E-state index in [4.69, 9.17) is 11.6 Å². The highest BCUT2D eigenvalue weighted by molar-refractivity contribution is 6.30. The summed E-state index contributed by atoms with van der Waals surface area (Å²) in [5, 5.41) is 7.86. The summed E-state index contributed by atoms with van der Waals surface area (Å²) in [5.74, 6) is 0.0807. The number of nitrogens with zero attached hydrogens (tertiary/aromatic N) is 4. The van der Waals surface area contributed by atoms with E-state index in [0.29, 0.717) is 37.6 Å². The van der Waals surface area contributed by atoms with Gasteiger partial charge in [0.05, 0.1) is 12.6 Å². The third-order valence-corrected chi connectivity index (χ3v) is 5.06. The van der Waals surface area contributed by atoms with Crippen molar-refractivity contribution in [2.75, 3.05) is 33.2 Å². The molecule has 0 spiro atoms. The fourth-order valence-corrected chi connectivity index (χ4v) is 3.40. The van der Waals surface area contributed by atoms with Crippen LogP contribution in [0.3, 0.4) is 0 Å². The Kier molecular flexibility index (Phi) is 6.13. The molecule has 1 aromatic carbocycles. The molecule has 1 unspecified atom stereocenters. The van der Waals surface area contributed by atoms with Gasteiger partial charge in [0.1, 0.15) is 6.04 Å². The van der Waals surface area contributed by atoms with Crippen molar-refractivity contribution in [3.8, 4) is 0 Å². The Morgan fingerprint density at radius 2 is 1.78 bits per heavy atom. The zero-order valence-corrected chi connectivity index (χ0v) is 16.3. The van der Waals surface area contributed by atoms with Crippen molar-refractivity contribution in [1.82, 2.24) is 24.9 Å². The summed E-state index contributed by atoms with van der Waals surface area (Å²) in [7, 11) is 3.59. The second-order valence-electron chi connectivity index (χ2n) is 6.68. The molecule has 0 bridgehead atoms. The zero-order chi connectivity index (χ0) is 19.4. The molecule has 3 rings (SSSR count). The molecule has 1 aromatic heterocycles. The number of likely N-dealkylation sites (N-methyl/N-ethyl adjacent to an activating group) is 1. The number of halogens is 1. The molecular weight excluding hydrogens is 366 g/mol. The summed E-state index contributed by atoms with van der Waals surface area (Å²) < 4.78 is 1.68. The molecule has 1 N–H and O–H groups in total. The van der Waals surface area contributed by atoms with Gasteiger partial charge in [0.2, 0.25) is 11.8 Å². The van der Waals surface area contributed by atoms with E-state index >= 15 is 0 Å². The van der Waals surface area contributed by atoms with Crippen LogP contribution in [0, 0.1) is 0 Å². The predicted octanol–water partition coefficient (Wildman–Crippen LogP) is 1.25. The van der Waals surface area contributed by atoms with E-state index in [1.807, 2.05) is 30.3 Å². The molecular formula is C19H24ClN5O2. The fraction of sp³-hybridized carbons (Fsp3) is 0.421. The van der Waals surface area contributed by atoms with Crippen LogP contribution in [0.4, 0.5) is 0 Å². The van der Waals surface area contributed by atoms with E-state index < -0.39 is 6.04 Å². The number of aromatic nitrogens is 2. The van der Waals surface area contributed by atoms with Crippen molar-refractivity contribution in [3.63, 3.8) is 0 Å². The van der Waals surface area contributed by atoms with Crippen LogP contribution in [-0.4, -0.2) is 64.6 Å². The molecule has 1 aliphatic heterocycles. The minimum atomic E-state index is -0.421. The lowest BCUT2D eigenvalue weighted by atomic mass is 10.1. The number of benzene rings is 1.